The summed E-state index contributed by atoms with van der Waals surface area (Å²) in [6.07, 6.45) is 7.81. The zero-order valence-electron chi connectivity index (χ0n) is 21.7. The Morgan fingerprint density at radius 2 is 1.72 bits per heavy atom. The number of Topliss-reactive ketones (excluding diaryl/α,β-unsaturated/α-hetero) is 3. The summed E-state index contributed by atoms with van der Waals surface area (Å²) in [5, 5.41) is 34.1. The van der Waals surface area contributed by atoms with Crippen molar-refractivity contribution in [3.8, 4) is 5.75 Å². The highest BCUT2D eigenvalue weighted by atomic mass is 16.3. The molecule has 1 fully saturated rings. The van der Waals surface area contributed by atoms with Gasteiger partial charge < -0.3 is 15.3 Å². The molecule has 0 spiro atoms. The topological polar surface area (TPSA) is 112 Å². The Hall–Kier alpha value is -2.73. The largest absolute Gasteiger partial charge is 0.508 e. The van der Waals surface area contributed by atoms with Crippen molar-refractivity contribution in [3.63, 3.8) is 0 Å². The minimum Gasteiger partial charge on any atom is -0.508 e. The average Bonchev–Trinajstić information content (AvgIpc) is 2.78. The number of rotatable bonds is 3. The number of carbonyl (C=O) groups is 3. The number of fused-ring (bicyclic) bond motifs is 3. The normalized spacial score (nSPS) is 32.8. The van der Waals surface area contributed by atoms with Crippen LogP contribution in [0, 0.1) is 16.7 Å². The van der Waals surface area contributed by atoms with Gasteiger partial charge in [0.2, 0.25) is 5.78 Å². The van der Waals surface area contributed by atoms with Gasteiger partial charge in [-0.1, -0.05) is 57.6 Å². The maximum absolute atomic E-state index is 14.0. The van der Waals surface area contributed by atoms with Crippen LogP contribution in [0.25, 0.3) is 0 Å². The summed E-state index contributed by atoms with van der Waals surface area (Å²) in [5.41, 5.74) is -1.78. The van der Waals surface area contributed by atoms with Crippen LogP contribution < -0.4 is 0 Å². The summed E-state index contributed by atoms with van der Waals surface area (Å²) >= 11 is 0. The highest BCUT2D eigenvalue weighted by Gasteiger charge is 2.67. The van der Waals surface area contributed by atoms with Crippen LogP contribution in [0.2, 0.25) is 0 Å². The number of phenols is 1. The Kier molecular flexibility index (Phi) is 5.64. The van der Waals surface area contributed by atoms with Crippen molar-refractivity contribution in [2.45, 2.75) is 91.1 Å². The van der Waals surface area contributed by atoms with Gasteiger partial charge in [-0.15, -0.1) is 0 Å². The number of hydrogen-bond acceptors (Lipinski definition) is 6. The maximum atomic E-state index is 14.0. The van der Waals surface area contributed by atoms with Crippen molar-refractivity contribution < 1.29 is 29.7 Å². The second kappa shape index (κ2) is 8.14. The van der Waals surface area contributed by atoms with E-state index >= 15 is 0 Å². The lowest BCUT2D eigenvalue weighted by molar-refractivity contribution is -0.157. The van der Waals surface area contributed by atoms with Gasteiger partial charge in [-0.3, -0.25) is 14.4 Å². The second-order valence-corrected chi connectivity index (χ2v) is 12.3. The van der Waals surface area contributed by atoms with Gasteiger partial charge in [-0.05, 0) is 62.6 Å². The molecule has 1 saturated carbocycles. The van der Waals surface area contributed by atoms with E-state index in [4.69, 9.17) is 0 Å². The van der Waals surface area contributed by atoms with E-state index in [0.717, 1.165) is 30.4 Å². The highest BCUT2D eigenvalue weighted by Crippen LogP contribution is 2.62. The van der Waals surface area contributed by atoms with Crippen molar-refractivity contribution in [1.29, 1.82) is 0 Å². The molecule has 4 aliphatic rings. The van der Waals surface area contributed by atoms with E-state index < -0.39 is 39.5 Å². The van der Waals surface area contributed by atoms with Gasteiger partial charge in [-0.2, -0.15) is 0 Å². The average molecular weight is 493 g/mol. The molecule has 4 aliphatic carbocycles. The predicted octanol–water partition coefficient (Wildman–Crippen LogP) is 5.09. The van der Waals surface area contributed by atoms with Gasteiger partial charge in [-0.25, -0.2) is 0 Å². The molecule has 0 radical (unpaired) electrons. The van der Waals surface area contributed by atoms with Gasteiger partial charge in [0.25, 0.3) is 0 Å². The van der Waals surface area contributed by atoms with Crippen molar-refractivity contribution >= 4 is 17.3 Å². The number of ketones is 3. The summed E-state index contributed by atoms with van der Waals surface area (Å²) in [6, 6.07) is 3.47. The fraction of sp³-hybridized carbons (Fsp3) is 0.567. The van der Waals surface area contributed by atoms with Crippen LogP contribution in [0.3, 0.4) is 0 Å². The molecule has 3 N–H and O–H groups in total. The molecule has 192 valence electrons. The van der Waals surface area contributed by atoms with E-state index in [0.29, 0.717) is 17.9 Å². The van der Waals surface area contributed by atoms with Gasteiger partial charge in [0.15, 0.2) is 17.2 Å². The molecule has 6 heteroatoms. The standard InChI is InChI=1S/C30H36O6/c1-16-13-29(4)15-28(3)14-20-19(12-18-8-6-5-7-9-18)10-11-21(32)23(20)25(33)24(28)27(35)30(29,36)26(34)22(16)17(2)31/h10-11,18,32,35-36H,5-9,12-15H2,1-4H3/t28-,29+,30+/m1/s1. The van der Waals surface area contributed by atoms with Crippen LogP contribution in [-0.4, -0.2) is 38.3 Å². The smallest absolute Gasteiger partial charge is 0.206 e. The molecule has 0 saturated heterocycles. The number of aliphatic hydroxyl groups is 2. The SMILES string of the molecule is CC(=O)C1=C(C)C[C@@]2(C)C[C@@]3(C)Cc4c(CC5CCCCC5)ccc(O)c4C(=O)C3=C(O)[C@@]2(O)C1=O. The molecule has 3 atom stereocenters. The van der Waals surface area contributed by atoms with E-state index in [1.165, 1.54) is 26.2 Å². The lowest BCUT2D eigenvalue weighted by Crippen LogP contribution is -2.63. The maximum Gasteiger partial charge on any atom is 0.206 e. The third-order valence-corrected chi connectivity index (χ3v) is 9.47. The number of benzene rings is 1. The fourth-order valence-corrected chi connectivity index (χ4v) is 7.99. The first-order valence-corrected chi connectivity index (χ1v) is 13.1. The van der Waals surface area contributed by atoms with Crippen LogP contribution in [0.1, 0.15) is 94.1 Å². The number of carbonyl (C=O) groups excluding carboxylic acids is 3. The van der Waals surface area contributed by atoms with E-state index in [2.05, 4.69) is 0 Å². The molecule has 0 heterocycles. The molecule has 1 aromatic rings. The molecule has 6 nitrogen and oxygen atoms in total. The Morgan fingerprint density at radius 1 is 1.06 bits per heavy atom. The molecular formula is C30H36O6. The van der Waals surface area contributed by atoms with Gasteiger partial charge >= 0.3 is 0 Å². The van der Waals surface area contributed by atoms with Crippen LogP contribution in [0.4, 0.5) is 0 Å². The summed E-state index contributed by atoms with van der Waals surface area (Å²) in [4.78, 5) is 39.8. The highest BCUT2D eigenvalue weighted by molar-refractivity contribution is 6.25. The Bertz CT molecular complexity index is 1260. The molecule has 0 aliphatic heterocycles. The fourth-order valence-electron chi connectivity index (χ4n) is 7.99. The van der Waals surface area contributed by atoms with Crippen molar-refractivity contribution in [2.24, 2.45) is 16.7 Å². The number of allylic oxidation sites excluding steroid dienone is 2. The summed E-state index contributed by atoms with van der Waals surface area (Å²) in [5.74, 6) is -2.13. The molecule has 5 rings (SSSR count). The van der Waals surface area contributed by atoms with E-state index in [-0.39, 0.29) is 35.3 Å². The summed E-state index contributed by atoms with van der Waals surface area (Å²) in [6.45, 7) is 6.66. The lowest BCUT2D eigenvalue weighted by atomic mass is 9.48. The third kappa shape index (κ3) is 3.29. The van der Waals surface area contributed by atoms with Crippen LogP contribution in [0.15, 0.2) is 34.6 Å². The van der Waals surface area contributed by atoms with E-state index in [1.807, 2.05) is 13.0 Å². The lowest BCUT2D eigenvalue weighted by Gasteiger charge is -2.56. The quantitative estimate of drug-likeness (QED) is 0.507. The van der Waals surface area contributed by atoms with Crippen LogP contribution in [-0.2, 0) is 22.4 Å². The summed E-state index contributed by atoms with van der Waals surface area (Å²) in [7, 11) is 0. The molecular weight excluding hydrogens is 456 g/mol. The minimum atomic E-state index is -2.37. The van der Waals surface area contributed by atoms with Crippen molar-refractivity contribution in [1.82, 2.24) is 0 Å². The number of aliphatic hydroxyl groups excluding tert-OH is 1. The molecule has 1 aromatic carbocycles. The van der Waals surface area contributed by atoms with Gasteiger partial charge in [0.05, 0.1) is 11.1 Å². The van der Waals surface area contributed by atoms with Gasteiger partial charge in [0, 0.05) is 16.4 Å². The zero-order chi connectivity index (χ0) is 26.2. The van der Waals surface area contributed by atoms with Crippen LogP contribution >= 0.6 is 0 Å². The predicted molar refractivity (Wildman–Crippen MR) is 135 cm³/mol. The Labute approximate surface area is 212 Å². The Morgan fingerprint density at radius 3 is 2.36 bits per heavy atom. The first kappa shape index (κ1) is 24.9. The van der Waals surface area contributed by atoms with Crippen molar-refractivity contribution in [2.75, 3.05) is 0 Å². The van der Waals surface area contributed by atoms with Crippen molar-refractivity contribution in [3.05, 3.63) is 51.3 Å². The number of aromatic hydroxyl groups is 1. The number of hydrogen-bond donors (Lipinski definition) is 3. The summed E-state index contributed by atoms with van der Waals surface area (Å²) < 4.78 is 0. The first-order valence-electron chi connectivity index (χ1n) is 13.1. The monoisotopic (exact) mass is 492 g/mol. The molecule has 0 aromatic heterocycles. The molecule has 0 unspecified atom stereocenters. The molecule has 36 heavy (non-hydrogen) atoms. The Balaban J connectivity index is 1.67. The second-order valence-electron chi connectivity index (χ2n) is 12.3. The van der Waals surface area contributed by atoms with Gasteiger partial charge in [0.1, 0.15) is 11.5 Å². The third-order valence-electron chi connectivity index (χ3n) is 9.47. The van der Waals surface area contributed by atoms with E-state index in [1.54, 1.807) is 19.9 Å². The van der Waals surface area contributed by atoms with Crippen LogP contribution in [0.5, 0.6) is 5.75 Å². The first-order chi connectivity index (χ1) is 16.8. The zero-order valence-corrected chi connectivity index (χ0v) is 21.7. The molecule has 0 amide bonds. The minimum absolute atomic E-state index is 0.0177. The van der Waals surface area contributed by atoms with E-state index in [9.17, 15) is 29.7 Å². The molecule has 0 bridgehead atoms. The number of phenolic OH excluding ortho intramolecular Hbond substituents is 1.